The molecule has 1 saturated carbocycles. The maximum Gasteiger partial charge on any atom is 0.364 e. The molecule has 0 unspecified atom stereocenters. The quantitative estimate of drug-likeness (QED) is 0.870. The predicted molar refractivity (Wildman–Crippen MR) is 84.0 cm³/mol. The summed E-state index contributed by atoms with van der Waals surface area (Å²) in [6.45, 7) is 0.307. The summed E-state index contributed by atoms with van der Waals surface area (Å²) >= 11 is 0. The molecule has 4 rings (SSSR count). The molecule has 0 radical (unpaired) electrons. The highest BCUT2D eigenvalue weighted by Crippen LogP contribution is 2.31. The molecule has 1 aromatic carbocycles. The van der Waals surface area contributed by atoms with E-state index in [4.69, 9.17) is 4.74 Å². The van der Waals surface area contributed by atoms with Crippen molar-refractivity contribution in [3.63, 3.8) is 0 Å². The number of aromatic nitrogens is 3. The molecule has 2 aliphatic rings. The van der Waals surface area contributed by atoms with Gasteiger partial charge in [-0.05, 0) is 25.0 Å². The molecule has 0 N–H and O–H groups in total. The Bertz CT molecular complexity index is 817. The lowest BCUT2D eigenvalue weighted by Gasteiger charge is -2.18. The van der Waals surface area contributed by atoms with Gasteiger partial charge in [-0.1, -0.05) is 18.9 Å². The lowest BCUT2D eigenvalue weighted by Crippen LogP contribution is -2.35. The molecule has 2 aromatic rings. The fourth-order valence-corrected chi connectivity index (χ4v) is 3.50. The summed E-state index contributed by atoms with van der Waals surface area (Å²) in [5.41, 5.74) is 0.427. The van der Waals surface area contributed by atoms with Gasteiger partial charge in [0.05, 0.1) is 19.7 Å². The molecule has 7 heteroatoms. The second-order valence-electron chi connectivity index (χ2n) is 5.98. The van der Waals surface area contributed by atoms with Gasteiger partial charge in [0.2, 0.25) is 0 Å². The zero-order chi connectivity index (χ0) is 16.0. The molecule has 0 spiro atoms. The summed E-state index contributed by atoms with van der Waals surface area (Å²) in [5, 5.41) is 0. The van der Waals surface area contributed by atoms with Crippen molar-refractivity contribution in [1.29, 1.82) is 0 Å². The number of anilines is 1. The van der Waals surface area contributed by atoms with E-state index >= 15 is 0 Å². The van der Waals surface area contributed by atoms with E-state index in [9.17, 15) is 9.59 Å². The fourth-order valence-electron chi connectivity index (χ4n) is 3.50. The van der Waals surface area contributed by atoms with Gasteiger partial charge < -0.3 is 4.74 Å². The molecule has 23 heavy (non-hydrogen) atoms. The van der Waals surface area contributed by atoms with Gasteiger partial charge in [0, 0.05) is 11.8 Å². The third kappa shape index (κ3) is 2.15. The minimum Gasteiger partial charge on any atom is -0.497 e. The minimum absolute atomic E-state index is 0.0814. The van der Waals surface area contributed by atoms with Crippen LogP contribution in [0, 0.1) is 0 Å². The van der Waals surface area contributed by atoms with Crippen LogP contribution in [0.3, 0.4) is 0 Å². The third-order valence-electron chi connectivity index (χ3n) is 4.63. The van der Waals surface area contributed by atoms with Crippen molar-refractivity contribution in [2.75, 3.05) is 12.0 Å². The van der Waals surface area contributed by atoms with E-state index in [1.54, 1.807) is 16.7 Å². The molecule has 0 saturated heterocycles. The van der Waals surface area contributed by atoms with E-state index in [0.29, 0.717) is 18.1 Å². The van der Waals surface area contributed by atoms with Crippen molar-refractivity contribution < 1.29 is 9.53 Å². The average molecular weight is 314 g/mol. The van der Waals surface area contributed by atoms with Gasteiger partial charge in [0.15, 0.2) is 5.82 Å². The number of hydrogen-bond donors (Lipinski definition) is 0. The first-order valence-electron chi connectivity index (χ1n) is 7.85. The largest absolute Gasteiger partial charge is 0.497 e. The van der Waals surface area contributed by atoms with Gasteiger partial charge >= 0.3 is 11.7 Å². The van der Waals surface area contributed by atoms with E-state index in [1.807, 2.05) is 24.3 Å². The highest BCUT2D eigenvalue weighted by Gasteiger charge is 2.36. The van der Waals surface area contributed by atoms with Crippen LogP contribution >= 0.6 is 0 Å². The molecule has 1 aromatic heterocycles. The Balaban J connectivity index is 1.72. The highest BCUT2D eigenvalue weighted by atomic mass is 16.5. The lowest BCUT2D eigenvalue weighted by atomic mass is 10.2. The van der Waals surface area contributed by atoms with Gasteiger partial charge in [-0.3, -0.25) is 4.90 Å². The van der Waals surface area contributed by atoms with Gasteiger partial charge in [-0.15, -0.1) is 0 Å². The van der Waals surface area contributed by atoms with Gasteiger partial charge in [-0.2, -0.15) is 9.67 Å². The van der Waals surface area contributed by atoms with Crippen molar-refractivity contribution in [2.45, 2.75) is 38.3 Å². The van der Waals surface area contributed by atoms with Crippen LogP contribution in [-0.4, -0.2) is 27.5 Å². The monoisotopic (exact) mass is 314 g/mol. The van der Waals surface area contributed by atoms with Crippen LogP contribution in [0.4, 0.5) is 10.5 Å². The summed E-state index contributed by atoms with van der Waals surface area (Å²) in [5.74, 6) is 1.20. The van der Waals surface area contributed by atoms with Crippen molar-refractivity contribution in [1.82, 2.24) is 14.3 Å². The fraction of sp³-hybridized carbons (Fsp3) is 0.438. The van der Waals surface area contributed by atoms with Crippen LogP contribution in [-0.2, 0) is 6.54 Å². The normalized spacial score (nSPS) is 17.8. The first-order chi connectivity index (χ1) is 11.2. The van der Waals surface area contributed by atoms with E-state index in [1.165, 1.54) is 4.68 Å². The number of carbonyl (C=O) groups is 1. The summed E-state index contributed by atoms with van der Waals surface area (Å²) in [6.07, 6.45) is 4.03. The summed E-state index contributed by atoms with van der Waals surface area (Å²) < 4.78 is 8.22. The Morgan fingerprint density at radius 2 is 2.00 bits per heavy atom. The third-order valence-corrected chi connectivity index (χ3v) is 4.63. The predicted octanol–water partition coefficient (Wildman–Crippen LogP) is 2.16. The Labute approximate surface area is 133 Å². The molecule has 120 valence electrons. The Morgan fingerprint density at radius 1 is 1.22 bits per heavy atom. The maximum atomic E-state index is 12.8. The number of methoxy groups -OCH3 is 1. The standard InChI is InChI=1S/C16H18N4O3/c1-23-13-8-4-7-12(9-13)18-10-14-17-15(21)19(20(14)16(18)22)11-5-2-3-6-11/h4,7-9,11H,2-3,5-6,10H2,1H3. The molecule has 0 atom stereocenters. The lowest BCUT2D eigenvalue weighted by molar-refractivity contribution is 0.240. The van der Waals surface area contributed by atoms with Gasteiger partial charge in [0.25, 0.3) is 0 Å². The number of ether oxygens (including phenoxy) is 1. The molecule has 1 fully saturated rings. The van der Waals surface area contributed by atoms with E-state index in [0.717, 1.165) is 31.4 Å². The van der Waals surface area contributed by atoms with Crippen molar-refractivity contribution in [3.8, 4) is 5.75 Å². The zero-order valence-corrected chi connectivity index (χ0v) is 12.9. The molecule has 1 aliphatic heterocycles. The van der Waals surface area contributed by atoms with Crippen molar-refractivity contribution >= 4 is 11.7 Å². The van der Waals surface area contributed by atoms with Crippen molar-refractivity contribution in [2.24, 2.45) is 0 Å². The highest BCUT2D eigenvalue weighted by molar-refractivity contribution is 5.95. The Morgan fingerprint density at radius 3 is 2.74 bits per heavy atom. The summed E-state index contributed by atoms with van der Waals surface area (Å²) in [7, 11) is 1.59. The molecule has 7 nitrogen and oxygen atoms in total. The second kappa shape index (κ2) is 5.26. The first kappa shape index (κ1) is 14.0. The van der Waals surface area contributed by atoms with Crippen LogP contribution in [0.2, 0.25) is 0 Å². The second-order valence-corrected chi connectivity index (χ2v) is 5.98. The van der Waals surface area contributed by atoms with Gasteiger partial charge in [0.1, 0.15) is 5.75 Å². The van der Waals surface area contributed by atoms with E-state index in [-0.39, 0.29) is 17.8 Å². The molecule has 2 heterocycles. The number of nitrogens with zero attached hydrogens (tertiary/aromatic N) is 4. The topological polar surface area (TPSA) is 69.4 Å². The molecule has 1 aliphatic carbocycles. The average Bonchev–Trinajstić information content (AvgIpc) is 3.25. The van der Waals surface area contributed by atoms with E-state index in [2.05, 4.69) is 4.98 Å². The molecule has 0 bridgehead atoms. The minimum atomic E-state index is -0.314. The molecular weight excluding hydrogens is 296 g/mol. The Kier molecular flexibility index (Phi) is 3.21. The summed E-state index contributed by atoms with van der Waals surface area (Å²) in [6, 6.07) is 7.18. The van der Waals surface area contributed by atoms with Gasteiger partial charge in [-0.25, -0.2) is 14.3 Å². The number of rotatable bonds is 3. The Hall–Kier alpha value is -2.57. The van der Waals surface area contributed by atoms with Crippen LogP contribution in [0.15, 0.2) is 29.1 Å². The van der Waals surface area contributed by atoms with Crippen molar-refractivity contribution in [3.05, 3.63) is 40.6 Å². The number of hydrogen-bond acceptors (Lipinski definition) is 4. The SMILES string of the molecule is COc1cccc(N2Cc3nc(=O)n(C4CCCC4)n3C2=O)c1. The number of benzene rings is 1. The maximum absolute atomic E-state index is 12.8. The molecular formula is C16H18N4O3. The van der Waals surface area contributed by atoms with Crippen LogP contribution < -0.4 is 15.3 Å². The summed E-state index contributed by atoms with van der Waals surface area (Å²) in [4.78, 5) is 30.7. The first-order valence-corrected chi connectivity index (χ1v) is 7.85. The zero-order valence-electron chi connectivity index (χ0n) is 12.9. The van der Waals surface area contributed by atoms with Crippen LogP contribution in [0.25, 0.3) is 0 Å². The smallest absolute Gasteiger partial charge is 0.364 e. The van der Waals surface area contributed by atoms with E-state index < -0.39 is 0 Å². The van der Waals surface area contributed by atoms with Crippen LogP contribution in [0.5, 0.6) is 5.75 Å². The van der Waals surface area contributed by atoms with Crippen LogP contribution in [0.1, 0.15) is 37.5 Å². The number of carbonyl (C=O) groups excluding carboxylic acids is 1. The number of fused-ring (bicyclic) bond motifs is 1. The number of amides is 1. The molecule has 1 amide bonds.